The quantitative estimate of drug-likeness (QED) is 0.451. The molecule has 2 N–H and O–H groups in total. The third kappa shape index (κ3) is 4.29. The molecule has 4 rings (SSSR count). The Bertz CT molecular complexity index is 1380. The Morgan fingerprint density at radius 2 is 1.76 bits per heavy atom. The van der Waals surface area contributed by atoms with Crippen LogP contribution in [-0.2, 0) is 4.74 Å². The molecule has 0 saturated carbocycles. The number of ether oxygens (including phenoxy) is 1. The van der Waals surface area contributed by atoms with E-state index in [-0.39, 0.29) is 11.3 Å². The van der Waals surface area contributed by atoms with Crippen LogP contribution >= 0.6 is 0 Å². The Labute approximate surface area is 189 Å². The predicted octanol–water partition coefficient (Wildman–Crippen LogP) is 3.82. The summed E-state index contributed by atoms with van der Waals surface area (Å²) in [4.78, 5) is 41.1. The molecule has 4 aromatic rings. The summed E-state index contributed by atoms with van der Waals surface area (Å²) in [6.45, 7) is 3.71. The molecule has 0 aliphatic rings. The maximum Gasteiger partial charge on any atom is 0.413 e. The predicted molar refractivity (Wildman–Crippen MR) is 122 cm³/mol. The molecule has 0 aliphatic heterocycles. The standard InChI is InChI=1S/C24H21N5O4/c1-14-9-10-17(23(31)28-24(32)33-3)11-19(14)27-22-20-15(2)18(12-29(20)26-13-25-22)21(30)16-7-5-4-6-8-16/h4-13H,1-3H3,(H,25,26,27)(H,28,31,32). The van der Waals surface area contributed by atoms with Gasteiger partial charge in [-0.25, -0.2) is 14.3 Å². The van der Waals surface area contributed by atoms with Crippen molar-refractivity contribution in [3.63, 3.8) is 0 Å². The second-order valence-corrected chi connectivity index (χ2v) is 7.37. The van der Waals surface area contributed by atoms with E-state index in [1.54, 1.807) is 41.0 Å². The molecule has 2 aromatic heterocycles. The molecule has 166 valence electrons. The zero-order valence-electron chi connectivity index (χ0n) is 18.2. The molecular formula is C24H21N5O4. The number of aromatic nitrogens is 3. The molecule has 33 heavy (non-hydrogen) atoms. The number of rotatable bonds is 5. The lowest BCUT2D eigenvalue weighted by Crippen LogP contribution is -2.30. The third-order valence-corrected chi connectivity index (χ3v) is 5.26. The average molecular weight is 443 g/mol. The molecule has 0 saturated heterocycles. The lowest BCUT2D eigenvalue weighted by molar-refractivity contribution is 0.0936. The Hall–Kier alpha value is -4.53. The number of nitrogens with one attached hydrogen (secondary N) is 2. The van der Waals surface area contributed by atoms with Crippen molar-refractivity contribution in [3.05, 3.63) is 88.9 Å². The van der Waals surface area contributed by atoms with Gasteiger partial charge in [0.1, 0.15) is 11.8 Å². The fourth-order valence-corrected chi connectivity index (χ4v) is 3.47. The second kappa shape index (κ2) is 8.91. The zero-order valence-corrected chi connectivity index (χ0v) is 18.2. The molecule has 0 atom stereocenters. The van der Waals surface area contributed by atoms with E-state index in [0.717, 1.165) is 11.1 Å². The fourth-order valence-electron chi connectivity index (χ4n) is 3.47. The Balaban J connectivity index is 1.71. The molecule has 9 nitrogen and oxygen atoms in total. The van der Waals surface area contributed by atoms with Crippen LogP contribution in [0.2, 0.25) is 0 Å². The summed E-state index contributed by atoms with van der Waals surface area (Å²) in [5.74, 6) is -0.224. The SMILES string of the molecule is COC(=O)NC(=O)c1ccc(C)c(Nc2ncnn3cc(C(=O)c4ccccc4)c(C)c23)c1. The van der Waals surface area contributed by atoms with Gasteiger partial charge in [-0.1, -0.05) is 36.4 Å². The highest BCUT2D eigenvalue weighted by Gasteiger charge is 2.20. The molecule has 2 heterocycles. The molecule has 0 fully saturated rings. The average Bonchev–Trinajstić information content (AvgIpc) is 3.17. The third-order valence-electron chi connectivity index (χ3n) is 5.26. The Morgan fingerprint density at radius 3 is 2.48 bits per heavy atom. The van der Waals surface area contributed by atoms with Gasteiger partial charge < -0.3 is 10.1 Å². The highest BCUT2D eigenvalue weighted by atomic mass is 16.5. The van der Waals surface area contributed by atoms with Crippen molar-refractivity contribution >= 4 is 34.8 Å². The van der Waals surface area contributed by atoms with E-state index in [2.05, 4.69) is 25.5 Å². The first kappa shape index (κ1) is 21.7. The molecule has 0 bridgehead atoms. The molecule has 0 unspecified atom stereocenters. The number of anilines is 2. The summed E-state index contributed by atoms with van der Waals surface area (Å²) in [6, 6.07) is 14.0. The van der Waals surface area contributed by atoms with Crippen LogP contribution in [0.5, 0.6) is 0 Å². The number of aryl methyl sites for hydroxylation is 2. The number of nitrogens with zero attached hydrogens (tertiary/aromatic N) is 3. The lowest BCUT2D eigenvalue weighted by Gasteiger charge is -2.12. The van der Waals surface area contributed by atoms with Gasteiger partial charge in [0.25, 0.3) is 5.91 Å². The number of benzene rings is 2. The maximum atomic E-state index is 13.0. The van der Waals surface area contributed by atoms with Gasteiger partial charge in [0, 0.05) is 28.6 Å². The van der Waals surface area contributed by atoms with Crippen molar-refractivity contribution in [1.29, 1.82) is 0 Å². The summed E-state index contributed by atoms with van der Waals surface area (Å²) in [5, 5.41) is 9.61. The van der Waals surface area contributed by atoms with Crippen molar-refractivity contribution in [2.24, 2.45) is 0 Å². The summed E-state index contributed by atoms with van der Waals surface area (Å²) in [7, 11) is 1.18. The largest absolute Gasteiger partial charge is 0.453 e. The molecule has 0 aliphatic carbocycles. The summed E-state index contributed by atoms with van der Waals surface area (Å²) >= 11 is 0. The number of imide groups is 1. The van der Waals surface area contributed by atoms with Crippen molar-refractivity contribution in [2.45, 2.75) is 13.8 Å². The molecular weight excluding hydrogens is 422 g/mol. The number of hydrogen-bond donors (Lipinski definition) is 2. The van der Waals surface area contributed by atoms with Crippen LogP contribution in [0.1, 0.15) is 37.4 Å². The van der Waals surface area contributed by atoms with Crippen molar-refractivity contribution in [1.82, 2.24) is 19.9 Å². The number of methoxy groups -OCH3 is 1. The normalized spacial score (nSPS) is 10.6. The van der Waals surface area contributed by atoms with Gasteiger partial charge in [0.2, 0.25) is 0 Å². The number of hydrogen-bond acceptors (Lipinski definition) is 7. The minimum absolute atomic E-state index is 0.109. The van der Waals surface area contributed by atoms with E-state index in [1.165, 1.54) is 13.4 Å². The maximum absolute atomic E-state index is 13.0. The minimum Gasteiger partial charge on any atom is -0.453 e. The Morgan fingerprint density at radius 1 is 1.00 bits per heavy atom. The number of carbonyl (C=O) groups is 3. The van der Waals surface area contributed by atoms with Crippen molar-refractivity contribution in [2.75, 3.05) is 12.4 Å². The molecule has 2 amide bonds. The summed E-state index contributed by atoms with van der Waals surface area (Å²) in [5.41, 5.74) is 4.21. The monoisotopic (exact) mass is 443 g/mol. The molecule has 0 spiro atoms. The minimum atomic E-state index is -0.841. The second-order valence-electron chi connectivity index (χ2n) is 7.37. The van der Waals surface area contributed by atoms with E-state index in [4.69, 9.17) is 0 Å². The zero-order chi connectivity index (χ0) is 23.5. The van der Waals surface area contributed by atoms with Crippen LogP contribution < -0.4 is 10.6 Å². The van der Waals surface area contributed by atoms with E-state index in [0.29, 0.717) is 28.1 Å². The molecule has 2 aromatic carbocycles. The highest BCUT2D eigenvalue weighted by molar-refractivity contribution is 6.11. The molecule has 0 radical (unpaired) electrons. The van der Waals surface area contributed by atoms with Crippen LogP contribution in [-0.4, -0.2) is 39.5 Å². The van der Waals surface area contributed by atoms with Gasteiger partial charge >= 0.3 is 6.09 Å². The summed E-state index contributed by atoms with van der Waals surface area (Å²) in [6.07, 6.45) is 2.22. The first-order chi connectivity index (χ1) is 15.9. The van der Waals surface area contributed by atoms with E-state index in [1.807, 2.05) is 32.0 Å². The van der Waals surface area contributed by atoms with Gasteiger partial charge in [0.05, 0.1) is 7.11 Å². The van der Waals surface area contributed by atoms with E-state index >= 15 is 0 Å². The van der Waals surface area contributed by atoms with Crippen LogP contribution in [0, 0.1) is 13.8 Å². The van der Waals surface area contributed by atoms with Gasteiger partial charge in [-0.15, -0.1) is 0 Å². The molecule has 9 heteroatoms. The van der Waals surface area contributed by atoms with Crippen LogP contribution in [0.15, 0.2) is 61.1 Å². The van der Waals surface area contributed by atoms with E-state index in [9.17, 15) is 14.4 Å². The topological polar surface area (TPSA) is 115 Å². The van der Waals surface area contributed by atoms with Gasteiger partial charge in [-0.2, -0.15) is 5.10 Å². The summed E-state index contributed by atoms with van der Waals surface area (Å²) < 4.78 is 6.07. The number of ketones is 1. The first-order valence-corrected chi connectivity index (χ1v) is 10.1. The smallest absolute Gasteiger partial charge is 0.413 e. The van der Waals surface area contributed by atoms with Gasteiger partial charge in [0.15, 0.2) is 11.6 Å². The van der Waals surface area contributed by atoms with Crippen LogP contribution in [0.25, 0.3) is 5.52 Å². The van der Waals surface area contributed by atoms with Crippen molar-refractivity contribution < 1.29 is 19.1 Å². The van der Waals surface area contributed by atoms with E-state index < -0.39 is 12.0 Å². The van der Waals surface area contributed by atoms with Crippen LogP contribution in [0.3, 0.4) is 0 Å². The highest BCUT2D eigenvalue weighted by Crippen LogP contribution is 2.28. The van der Waals surface area contributed by atoms with Gasteiger partial charge in [-0.05, 0) is 37.1 Å². The number of amides is 2. The fraction of sp³-hybridized carbons (Fsp3) is 0.125. The number of carbonyl (C=O) groups excluding carboxylic acids is 3. The first-order valence-electron chi connectivity index (χ1n) is 10.1. The lowest BCUT2D eigenvalue weighted by atomic mass is 10.0. The number of fused-ring (bicyclic) bond motifs is 1. The number of alkyl carbamates (subject to hydrolysis) is 1. The van der Waals surface area contributed by atoms with Gasteiger partial charge in [-0.3, -0.25) is 14.9 Å². The van der Waals surface area contributed by atoms with Crippen LogP contribution in [0.4, 0.5) is 16.3 Å². The Kier molecular flexibility index (Phi) is 5.86. The van der Waals surface area contributed by atoms with Crippen molar-refractivity contribution in [3.8, 4) is 0 Å².